The van der Waals surface area contributed by atoms with Crippen LogP contribution in [0.25, 0.3) is 16.8 Å². The van der Waals surface area contributed by atoms with Gasteiger partial charge in [0, 0.05) is 6.04 Å². The second-order valence-electron chi connectivity index (χ2n) is 7.13. The van der Waals surface area contributed by atoms with Crippen LogP contribution in [0.5, 0.6) is 0 Å². The predicted octanol–water partition coefficient (Wildman–Crippen LogP) is 2.50. The maximum atomic E-state index is 13.1. The number of furan rings is 1. The molecular formula is C20H21N3O4. The van der Waals surface area contributed by atoms with Crippen LogP contribution in [-0.4, -0.2) is 21.5 Å². The first kappa shape index (κ1) is 17.3. The van der Waals surface area contributed by atoms with Gasteiger partial charge in [0.1, 0.15) is 11.1 Å². The minimum Gasteiger partial charge on any atom is -0.444 e. The molecule has 1 aliphatic carbocycles. The fraction of sp³-hybridized carbons (Fsp3) is 0.350. The third kappa shape index (κ3) is 2.89. The number of hydrogen-bond acceptors (Lipinski definition) is 4. The third-order valence-corrected chi connectivity index (χ3v) is 5.34. The highest BCUT2D eigenvalue weighted by Gasteiger charge is 2.29. The van der Waals surface area contributed by atoms with E-state index in [1.165, 1.54) is 0 Å². The zero-order chi connectivity index (χ0) is 19.1. The van der Waals surface area contributed by atoms with Gasteiger partial charge in [-0.1, -0.05) is 31.5 Å². The van der Waals surface area contributed by atoms with Gasteiger partial charge in [-0.2, -0.15) is 0 Å². The quantitative estimate of drug-likeness (QED) is 0.743. The van der Waals surface area contributed by atoms with Gasteiger partial charge in [0.25, 0.3) is 11.5 Å². The maximum Gasteiger partial charge on any atom is 0.335 e. The van der Waals surface area contributed by atoms with Crippen molar-refractivity contribution in [2.45, 2.75) is 39.2 Å². The number of aryl methyl sites for hydroxylation is 1. The summed E-state index contributed by atoms with van der Waals surface area (Å²) in [6.45, 7) is 3.73. The van der Waals surface area contributed by atoms with E-state index >= 15 is 0 Å². The summed E-state index contributed by atoms with van der Waals surface area (Å²) in [4.78, 5) is 41.0. The number of para-hydroxylation sites is 1. The van der Waals surface area contributed by atoms with Crippen molar-refractivity contribution in [2.24, 2.45) is 5.92 Å². The summed E-state index contributed by atoms with van der Waals surface area (Å²) in [5.41, 5.74) is -0.528. The van der Waals surface area contributed by atoms with E-state index in [2.05, 4.69) is 17.2 Å². The minimum atomic E-state index is -0.608. The number of aromatic nitrogens is 2. The van der Waals surface area contributed by atoms with Crippen molar-refractivity contribution in [2.75, 3.05) is 0 Å². The Labute approximate surface area is 155 Å². The molecule has 4 rings (SSSR count). The van der Waals surface area contributed by atoms with E-state index in [0.717, 1.165) is 23.8 Å². The first-order valence-electron chi connectivity index (χ1n) is 9.12. The molecule has 1 fully saturated rings. The Morgan fingerprint density at radius 1 is 1.22 bits per heavy atom. The Morgan fingerprint density at radius 2 is 1.96 bits per heavy atom. The van der Waals surface area contributed by atoms with Crippen molar-refractivity contribution in [3.63, 3.8) is 0 Å². The third-order valence-electron chi connectivity index (χ3n) is 5.34. The smallest absolute Gasteiger partial charge is 0.335 e. The highest BCUT2D eigenvalue weighted by molar-refractivity contribution is 6.06. The van der Waals surface area contributed by atoms with Crippen LogP contribution in [-0.2, 0) is 0 Å². The largest absolute Gasteiger partial charge is 0.444 e. The fourth-order valence-corrected chi connectivity index (χ4v) is 3.88. The van der Waals surface area contributed by atoms with Gasteiger partial charge in [-0.3, -0.25) is 14.6 Å². The number of hydrogen-bond donors (Lipinski definition) is 2. The number of nitrogens with zero attached hydrogens (tertiary/aromatic N) is 1. The Hall–Kier alpha value is -3.09. The summed E-state index contributed by atoms with van der Waals surface area (Å²) in [5, 5.41) is 3.12. The lowest BCUT2D eigenvalue weighted by Crippen LogP contribution is -2.38. The number of H-pyrrole nitrogens is 1. The minimum absolute atomic E-state index is 0.0271. The van der Waals surface area contributed by atoms with Crippen LogP contribution in [0.1, 0.15) is 42.3 Å². The Morgan fingerprint density at radius 3 is 2.63 bits per heavy atom. The molecule has 140 valence electrons. The number of carbonyl (C=O) groups is 1. The van der Waals surface area contributed by atoms with Crippen LogP contribution in [0, 0.1) is 12.8 Å². The van der Waals surface area contributed by atoms with Gasteiger partial charge < -0.3 is 9.73 Å². The monoisotopic (exact) mass is 367 g/mol. The molecule has 0 spiro atoms. The zero-order valence-corrected chi connectivity index (χ0v) is 15.2. The first-order valence-corrected chi connectivity index (χ1v) is 9.12. The summed E-state index contributed by atoms with van der Waals surface area (Å²) in [6, 6.07) is 8.68. The van der Waals surface area contributed by atoms with E-state index in [0.29, 0.717) is 17.4 Å². The lowest BCUT2D eigenvalue weighted by Gasteiger charge is -2.17. The van der Waals surface area contributed by atoms with Crippen LogP contribution >= 0.6 is 0 Å². The summed E-state index contributed by atoms with van der Waals surface area (Å²) < 4.78 is 6.55. The number of amides is 1. The van der Waals surface area contributed by atoms with Crippen molar-refractivity contribution >= 4 is 17.0 Å². The molecule has 27 heavy (non-hydrogen) atoms. The van der Waals surface area contributed by atoms with Crippen LogP contribution in [0.3, 0.4) is 0 Å². The van der Waals surface area contributed by atoms with Crippen molar-refractivity contribution in [1.29, 1.82) is 0 Å². The van der Waals surface area contributed by atoms with Crippen molar-refractivity contribution in [1.82, 2.24) is 14.9 Å². The van der Waals surface area contributed by atoms with Gasteiger partial charge in [0.2, 0.25) is 5.71 Å². The van der Waals surface area contributed by atoms with Gasteiger partial charge in [-0.05, 0) is 37.8 Å². The molecule has 2 heterocycles. The maximum absolute atomic E-state index is 13.1. The topological polar surface area (TPSA) is 97.1 Å². The summed E-state index contributed by atoms with van der Waals surface area (Å²) in [5.74, 6) is 0.369. The molecule has 1 aliphatic rings. The molecule has 0 saturated heterocycles. The number of carbonyl (C=O) groups excluding carboxylic acids is 1. The second kappa shape index (κ2) is 6.57. The van der Waals surface area contributed by atoms with Crippen molar-refractivity contribution in [3.8, 4) is 5.69 Å². The molecule has 0 aliphatic heterocycles. The molecule has 0 bridgehead atoms. The Kier molecular flexibility index (Phi) is 4.22. The highest BCUT2D eigenvalue weighted by Crippen LogP contribution is 2.26. The lowest BCUT2D eigenvalue weighted by atomic mass is 10.1. The average Bonchev–Trinajstić information content (AvgIpc) is 3.18. The molecule has 1 saturated carbocycles. The van der Waals surface area contributed by atoms with Gasteiger partial charge in [-0.25, -0.2) is 9.36 Å². The molecule has 2 N–H and O–H groups in total. The van der Waals surface area contributed by atoms with E-state index in [1.807, 2.05) is 0 Å². The molecular weight excluding hydrogens is 346 g/mol. The van der Waals surface area contributed by atoms with E-state index in [-0.39, 0.29) is 28.6 Å². The van der Waals surface area contributed by atoms with Gasteiger partial charge in [0.05, 0.1) is 11.3 Å². The molecule has 2 atom stereocenters. The standard InChI is InChI=1S/C20H21N3O4/c1-11-7-6-10-14(11)21-17(24)15-12(2)27-18-16(15)19(25)23(20(26)22-18)13-8-4-3-5-9-13/h3-5,8-9,11,14H,6-7,10H2,1-2H3,(H,21,24)(H,22,26). The molecule has 7 nitrogen and oxygen atoms in total. The van der Waals surface area contributed by atoms with E-state index in [9.17, 15) is 14.4 Å². The molecule has 3 aromatic rings. The van der Waals surface area contributed by atoms with Gasteiger partial charge >= 0.3 is 5.69 Å². The average molecular weight is 367 g/mol. The van der Waals surface area contributed by atoms with Crippen LogP contribution < -0.4 is 16.6 Å². The zero-order valence-electron chi connectivity index (χ0n) is 15.2. The van der Waals surface area contributed by atoms with Crippen molar-refractivity contribution in [3.05, 3.63) is 62.5 Å². The van der Waals surface area contributed by atoms with Gasteiger partial charge in [0.15, 0.2) is 0 Å². The van der Waals surface area contributed by atoms with E-state index < -0.39 is 11.2 Å². The summed E-state index contributed by atoms with van der Waals surface area (Å²) in [6.07, 6.45) is 3.07. The summed E-state index contributed by atoms with van der Waals surface area (Å²) in [7, 11) is 0. The van der Waals surface area contributed by atoms with Crippen LogP contribution in [0.2, 0.25) is 0 Å². The lowest BCUT2D eigenvalue weighted by molar-refractivity contribution is 0.0929. The Bertz CT molecular complexity index is 1120. The first-order chi connectivity index (χ1) is 13.0. The molecule has 1 aromatic carbocycles. The van der Waals surface area contributed by atoms with Crippen molar-refractivity contribution < 1.29 is 9.21 Å². The number of nitrogens with one attached hydrogen (secondary N) is 2. The highest BCUT2D eigenvalue weighted by atomic mass is 16.3. The second-order valence-corrected chi connectivity index (χ2v) is 7.13. The van der Waals surface area contributed by atoms with Crippen LogP contribution in [0.15, 0.2) is 44.3 Å². The predicted molar refractivity (Wildman–Crippen MR) is 101 cm³/mol. The molecule has 0 radical (unpaired) electrons. The molecule has 2 unspecified atom stereocenters. The molecule has 2 aromatic heterocycles. The number of benzene rings is 1. The summed E-state index contributed by atoms with van der Waals surface area (Å²) >= 11 is 0. The van der Waals surface area contributed by atoms with E-state index in [1.54, 1.807) is 37.3 Å². The van der Waals surface area contributed by atoms with Gasteiger partial charge in [-0.15, -0.1) is 0 Å². The Balaban J connectivity index is 1.87. The molecule has 7 heteroatoms. The normalized spacial score (nSPS) is 19.5. The van der Waals surface area contributed by atoms with Crippen LogP contribution in [0.4, 0.5) is 0 Å². The fourth-order valence-electron chi connectivity index (χ4n) is 3.88. The molecule has 1 amide bonds. The van der Waals surface area contributed by atoms with E-state index in [4.69, 9.17) is 4.42 Å². The SMILES string of the molecule is Cc1oc2[nH]c(=O)n(-c3ccccc3)c(=O)c2c1C(=O)NC1CCCC1C. The number of fused-ring (bicyclic) bond motifs is 1. The number of rotatable bonds is 3. The number of aromatic amines is 1.